The molecule has 0 spiro atoms. The van der Waals surface area contributed by atoms with Gasteiger partial charge in [-0.3, -0.25) is 0 Å². The number of halogens is 2. The zero-order valence-corrected chi connectivity index (χ0v) is 20.5. The summed E-state index contributed by atoms with van der Waals surface area (Å²) in [5.74, 6) is 1.79. The smallest absolute Gasteiger partial charge is 0.142 e. The summed E-state index contributed by atoms with van der Waals surface area (Å²) in [7, 11) is 2.01. The van der Waals surface area contributed by atoms with Gasteiger partial charge in [0.2, 0.25) is 0 Å². The van der Waals surface area contributed by atoms with Crippen molar-refractivity contribution in [3.63, 3.8) is 0 Å². The van der Waals surface area contributed by atoms with Gasteiger partial charge in [-0.25, -0.2) is 14.4 Å². The number of aromatic nitrogens is 2. The first-order valence-electron chi connectivity index (χ1n) is 11.4. The Bertz CT molecular complexity index is 1310. The van der Waals surface area contributed by atoms with Gasteiger partial charge in [0.25, 0.3) is 0 Å². The summed E-state index contributed by atoms with van der Waals surface area (Å²) in [4.78, 5) is 11.6. The van der Waals surface area contributed by atoms with Crippen molar-refractivity contribution in [1.82, 2.24) is 15.3 Å². The van der Waals surface area contributed by atoms with Gasteiger partial charge in [-0.2, -0.15) is 0 Å². The third-order valence-corrected chi connectivity index (χ3v) is 7.69. The molecule has 0 amide bonds. The molecule has 5 nitrogen and oxygen atoms in total. The second-order valence-electron chi connectivity index (χ2n) is 8.60. The number of nitrogens with zero attached hydrogens (tertiary/aromatic N) is 2. The van der Waals surface area contributed by atoms with Crippen LogP contribution >= 0.6 is 22.9 Å². The second-order valence-corrected chi connectivity index (χ2v) is 10.1. The fourth-order valence-corrected chi connectivity index (χ4v) is 6.02. The molecular formula is C26H26ClFN4OS. The van der Waals surface area contributed by atoms with Crippen LogP contribution in [0.2, 0.25) is 5.02 Å². The predicted octanol–water partition coefficient (Wildman–Crippen LogP) is 6.52. The highest BCUT2D eigenvalue weighted by Gasteiger charge is 2.25. The average molecular weight is 497 g/mol. The summed E-state index contributed by atoms with van der Waals surface area (Å²) in [6.07, 6.45) is 6.17. The second kappa shape index (κ2) is 10.3. The molecule has 176 valence electrons. The number of hydrogen-bond donors (Lipinski definition) is 2. The average Bonchev–Trinajstić information content (AvgIpc) is 3.21. The summed E-state index contributed by atoms with van der Waals surface area (Å²) in [6.45, 7) is 1.30. The number of nitrogens with one attached hydrogen (secondary N) is 2. The van der Waals surface area contributed by atoms with E-state index >= 15 is 0 Å². The Morgan fingerprint density at radius 2 is 2.12 bits per heavy atom. The molecule has 2 N–H and O–H groups in total. The van der Waals surface area contributed by atoms with Gasteiger partial charge in [-0.1, -0.05) is 23.7 Å². The van der Waals surface area contributed by atoms with Crippen LogP contribution in [-0.4, -0.2) is 23.6 Å². The summed E-state index contributed by atoms with van der Waals surface area (Å²) in [5, 5.41) is 8.30. The normalized spacial score (nSPS) is 15.3. The lowest BCUT2D eigenvalue weighted by Gasteiger charge is -2.22. The van der Waals surface area contributed by atoms with Gasteiger partial charge in [0.1, 0.15) is 35.1 Å². The Morgan fingerprint density at radius 1 is 1.21 bits per heavy atom. The molecule has 0 aliphatic heterocycles. The minimum Gasteiger partial charge on any atom is -0.487 e. The minimum atomic E-state index is -0.285. The minimum absolute atomic E-state index is 0.243. The molecule has 1 unspecified atom stereocenters. The highest BCUT2D eigenvalue weighted by Crippen LogP contribution is 2.41. The molecule has 0 fully saturated rings. The molecule has 8 heteroatoms. The van der Waals surface area contributed by atoms with E-state index in [1.807, 2.05) is 31.3 Å². The van der Waals surface area contributed by atoms with E-state index in [4.69, 9.17) is 16.3 Å². The predicted molar refractivity (Wildman–Crippen MR) is 137 cm³/mol. The fraction of sp³-hybridized carbons (Fsp3) is 0.308. The topological polar surface area (TPSA) is 59.1 Å². The zero-order chi connectivity index (χ0) is 23.5. The Kier molecular flexibility index (Phi) is 6.94. The Balaban J connectivity index is 1.33. The van der Waals surface area contributed by atoms with Crippen LogP contribution in [-0.2, 0) is 19.4 Å². The van der Waals surface area contributed by atoms with E-state index in [1.54, 1.807) is 23.7 Å². The van der Waals surface area contributed by atoms with E-state index in [9.17, 15) is 4.39 Å². The van der Waals surface area contributed by atoms with Crippen molar-refractivity contribution in [2.45, 2.75) is 32.3 Å². The number of fused-ring (bicyclic) bond motifs is 3. The van der Waals surface area contributed by atoms with Crippen LogP contribution in [0.15, 0.2) is 48.8 Å². The maximum absolute atomic E-state index is 13.4. The maximum atomic E-state index is 13.4. The van der Waals surface area contributed by atoms with Crippen LogP contribution in [0.3, 0.4) is 0 Å². The number of ether oxygens (including phenoxy) is 1. The van der Waals surface area contributed by atoms with Gasteiger partial charge < -0.3 is 15.4 Å². The van der Waals surface area contributed by atoms with Crippen LogP contribution in [0.4, 0.5) is 15.9 Å². The summed E-state index contributed by atoms with van der Waals surface area (Å²) >= 11 is 8.28. The SMILES string of the molecule is CNCCC1CCc2c(sc3ncnc(Nc4ccc(OCc5cccc(F)c5)c(Cl)c4)c23)C1. The first-order chi connectivity index (χ1) is 16.6. The lowest BCUT2D eigenvalue weighted by atomic mass is 9.86. The third-order valence-electron chi connectivity index (χ3n) is 6.23. The molecule has 0 saturated heterocycles. The first-order valence-corrected chi connectivity index (χ1v) is 12.6. The molecule has 2 aromatic carbocycles. The third kappa shape index (κ3) is 5.02. The number of aryl methyl sites for hydroxylation is 1. The molecule has 2 heterocycles. The van der Waals surface area contributed by atoms with Crippen LogP contribution < -0.4 is 15.4 Å². The Morgan fingerprint density at radius 3 is 2.94 bits per heavy atom. The molecule has 2 aromatic heterocycles. The van der Waals surface area contributed by atoms with Crippen LogP contribution in [0, 0.1) is 11.7 Å². The first kappa shape index (κ1) is 23.0. The lowest BCUT2D eigenvalue weighted by molar-refractivity contribution is 0.306. The Labute approximate surface area is 207 Å². The van der Waals surface area contributed by atoms with E-state index in [2.05, 4.69) is 20.6 Å². The highest BCUT2D eigenvalue weighted by molar-refractivity contribution is 7.19. The van der Waals surface area contributed by atoms with Crippen LogP contribution in [0.25, 0.3) is 10.2 Å². The number of hydrogen-bond acceptors (Lipinski definition) is 6. The van der Waals surface area contributed by atoms with Crippen molar-refractivity contribution in [2.24, 2.45) is 5.92 Å². The Hall–Kier alpha value is -2.74. The van der Waals surface area contributed by atoms with Gasteiger partial charge >= 0.3 is 0 Å². The van der Waals surface area contributed by atoms with Crippen molar-refractivity contribution in [2.75, 3.05) is 18.9 Å². The molecule has 4 aromatic rings. The molecule has 1 atom stereocenters. The molecule has 5 rings (SSSR count). The van der Waals surface area contributed by atoms with Crippen molar-refractivity contribution in [3.8, 4) is 5.75 Å². The van der Waals surface area contributed by atoms with E-state index in [-0.39, 0.29) is 12.4 Å². The molecule has 34 heavy (non-hydrogen) atoms. The zero-order valence-electron chi connectivity index (χ0n) is 18.9. The van der Waals surface area contributed by atoms with Gasteiger partial charge in [-0.05, 0) is 86.7 Å². The number of anilines is 2. The van der Waals surface area contributed by atoms with E-state index in [1.165, 1.54) is 35.4 Å². The van der Waals surface area contributed by atoms with E-state index in [0.29, 0.717) is 10.8 Å². The van der Waals surface area contributed by atoms with Gasteiger partial charge in [0.15, 0.2) is 0 Å². The molecule has 0 saturated carbocycles. The lowest BCUT2D eigenvalue weighted by Crippen LogP contribution is -2.18. The molecule has 0 radical (unpaired) electrons. The summed E-state index contributed by atoms with van der Waals surface area (Å²) in [5.41, 5.74) is 2.95. The quantitative estimate of drug-likeness (QED) is 0.291. The standard InChI is InChI=1S/C26H26ClFN4OS/c1-29-10-9-16-5-7-20-23(12-16)34-26-24(20)25(30-15-31-26)32-19-6-8-22(21(27)13-19)33-14-17-3-2-4-18(28)11-17/h2-4,6,8,11,13,15-16,29H,5,7,9-10,12,14H2,1H3,(H,30,31,32). The van der Waals surface area contributed by atoms with Crippen LogP contribution in [0.1, 0.15) is 28.8 Å². The van der Waals surface area contributed by atoms with E-state index in [0.717, 1.165) is 52.6 Å². The largest absolute Gasteiger partial charge is 0.487 e. The van der Waals surface area contributed by atoms with Crippen molar-refractivity contribution in [3.05, 3.63) is 75.6 Å². The molecular weight excluding hydrogens is 471 g/mol. The van der Waals surface area contributed by atoms with Crippen molar-refractivity contribution < 1.29 is 9.13 Å². The summed E-state index contributed by atoms with van der Waals surface area (Å²) in [6, 6.07) is 11.9. The van der Waals surface area contributed by atoms with Gasteiger partial charge in [0.05, 0.1) is 10.4 Å². The highest BCUT2D eigenvalue weighted by atomic mass is 35.5. The maximum Gasteiger partial charge on any atom is 0.142 e. The van der Waals surface area contributed by atoms with Crippen molar-refractivity contribution >= 4 is 44.7 Å². The fourth-order valence-electron chi connectivity index (χ4n) is 4.49. The van der Waals surface area contributed by atoms with Crippen LogP contribution in [0.5, 0.6) is 5.75 Å². The number of benzene rings is 2. The van der Waals surface area contributed by atoms with E-state index < -0.39 is 0 Å². The number of rotatable bonds is 8. The van der Waals surface area contributed by atoms with Gasteiger partial charge in [-0.15, -0.1) is 11.3 Å². The van der Waals surface area contributed by atoms with Gasteiger partial charge in [0, 0.05) is 10.6 Å². The monoisotopic (exact) mass is 496 g/mol. The molecule has 0 bridgehead atoms. The van der Waals surface area contributed by atoms with Crippen molar-refractivity contribution in [1.29, 1.82) is 0 Å². The number of thiophene rings is 1. The molecule has 1 aliphatic carbocycles. The molecule has 1 aliphatic rings. The summed E-state index contributed by atoms with van der Waals surface area (Å²) < 4.78 is 19.2.